The molecule has 3 aromatic rings. The summed E-state index contributed by atoms with van der Waals surface area (Å²) in [6, 6.07) is 11.4. The summed E-state index contributed by atoms with van der Waals surface area (Å²) in [5.41, 5.74) is 0.709. The van der Waals surface area contributed by atoms with E-state index in [1.807, 2.05) is 13.8 Å². The van der Waals surface area contributed by atoms with Crippen LogP contribution in [-0.2, 0) is 19.9 Å². The maximum Gasteiger partial charge on any atom is 0.322 e. The van der Waals surface area contributed by atoms with Gasteiger partial charge in [0.1, 0.15) is 0 Å². The number of carbonyl (C=O) groups excluding carboxylic acids is 1. The SMILES string of the molecule is CCCCN(CCCC)S(=O)(=O)c1ccc(C(=O)Nc2nnc(-c3ccc(S(C)(=O)=O)cc3)o2)cc1. The third kappa shape index (κ3) is 6.77. The molecular formula is C24H30N4O6S2. The summed E-state index contributed by atoms with van der Waals surface area (Å²) in [6.45, 7) is 4.94. The highest BCUT2D eigenvalue weighted by molar-refractivity contribution is 7.90. The molecule has 1 amide bonds. The van der Waals surface area contributed by atoms with Crippen molar-refractivity contribution >= 4 is 31.8 Å². The molecule has 0 spiro atoms. The van der Waals surface area contributed by atoms with Crippen LogP contribution in [0.4, 0.5) is 6.01 Å². The lowest BCUT2D eigenvalue weighted by molar-refractivity contribution is 0.102. The van der Waals surface area contributed by atoms with Crippen LogP contribution in [0.2, 0.25) is 0 Å². The molecule has 0 bridgehead atoms. The zero-order valence-corrected chi connectivity index (χ0v) is 22.1. The lowest BCUT2D eigenvalue weighted by Gasteiger charge is -2.22. The monoisotopic (exact) mass is 534 g/mol. The van der Waals surface area contributed by atoms with Gasteiger partial charge in [-0.3, -0.25) is 10.1 Å². The third-order valence-electron chi connectivity index (χ3n) is 5.45. The number of sulfone groups is 1. The van der Waals surface area contributed by atoms with E-state index >= 15 is 0 Å². The van der Waals surface area contributed by atoms with E-state index in [2.05, 4.69) is 15.5 Å². The van der Waals surface area contributed by atoms with Crippen molar-refractivity contribution in [2.24, 2.45) is 0 Å². The first-order chi connectivity index (χ1) is 17.1. The van der Waals surface area contributed by atoms with Crippen LogP contribution in [0.5, 0.6) is 0 Å². The number of carbonyl (C=O) groups is 1. The summed E-state index contributed by atoms with van der Waals surface area (Å²) in [6.07, 6.45) is 4.44. The maximum atomic E-state index is 13.1. The fourth-order valence-corrected chi connectivity index (χ4v) is 5.50. The van der Waals surface area contributed by atoms with Crippen LogP contribution in [-0.4, -0.2) is 56.6 Å². The Hall–Kier alpha value is -3.09. The van der Waals surface area contributed by atoms with Crippen molar-refractivity contribution in [2.75, 3.05) is 24.7 Å². The molecular weight excluding hydrogens is 504 g/mol. The summed E-state index contributed by atoms with van der Waals surface area (Å²) in [4.78, 5) is 12.9. The van der Waals surface area contributed by atoms with Crippen LogP contribution < -0.4 is 5.32 Å². The second kappa shape index (κ2) is 11.8. The van der Waals surface area contributed by atoms with E-state index in [9.17, 15) is 21.6 Å². The van der Waals surface area contributed by atoms with Crippen molar-refractivity contribution < 1.29 is 26.0 Å². The molecule has 0 fully saturated rings. The highest BCUT2D eigenvalue weighted by Crippen LogP contribution is 2.23. The number of aromatic nitrogens is 2. The Morgan fingerprint density at radius 3 is 1.94 bits per heavy atom. The second-order valence-corrected chi connectivity index (χ2v) is 12.3. The molecule has 2 aromatic carbocycles. The van der Waals surface area contributed by atoms with Crippen LogP contribution in [0.25, 0.3) is 11.5 Å². The van der Waals surface area contributed by atoms with Crippen molar-refractivity contribution in [3.05, 3.63) is 54.1 Å². The number of hydrogen-bond acceptors (Lipinski definition) is 8. The van der Waals surface area contributed by atoms with E-state index in [1.165, 1.54) is 52.8 Å². The lowest BCUT2D eigenvalue weighted by atomic mass is 10.2. The van der Waals surface area contributed by atoms with Crippen LogP contribution in [0.1, 0.15) is 49.9 Å². The number of benzene rings is 2. The van der Waals surface area contributed by atoms with Gasteiger partial charge in [0.25, 0.3) is 5.91 Å². The number of nitrogens with zero attached hydrogens (tertiary/aromatic N) is 3. The van der Waals surface area contributed by atoms with E-state index in [0.29, 0.717) is 18.7 Å². The molecule has 12 heteroatoms. The Morgan fingerprint density at radius 2 is 1.42 bits per heavy atom. The predicted molar refractivity (Wildman–Crippen MR) is 136 cm³/mol. The van der Waals surface area contributed by atoms with Crippen LogP contribution in [0.15, 0.2) is 62.7 Å². The molecule has 0 aliphatic heterocycles. The predicted octanol–water partition coefficient (Wildman–Crippen LogP) is 3.98. The maximum absolute atomic E-state index is 13.1. The van der Waals surface area contributed by atoms with E-state index < -0.39 is 25.8 Å². The first kappa shape index (κ1) is 27.5. The molecule has 0 aliphatic carbocycles. The Labute approximate surface area is 211 Å². The Balaban J connectivity index is 1.70. The van der Waals surface area contributed by atoms with E-state index in [1.54, 1.807) is 0 Å². The fraction of sp³-hybridized carbons (Fsp3) is 0.375. The first-order valence-corrected chi connectivity index (χ1v) is 14.9. The second-order valence-electron chi connectivity index (χ2n) is 8.30. The van der Waals surface area contributed by atoms with Gasteiger partial charge in [-0.2, -0.15) is 4.31 Å². The number of unbranched alkanes of at least 4 members (excludes halogenated alkanes) is 2. The van der Waals surface area contributed by atoms with Gasteiger partial charge in [-0.1, -0.05) is 31.8 Å². The highest BCUT2D eigenvalue weighted by Gasteiger charge is 2.24. The molecule has 1 N–H and O–H groups in total. The van der Waals surface area contributed by atoms with Gasteiger partial charge in [0.05, 0.1) is 9.79 Å². The van der Waals surface area contributed by atoms with E-state index in [-0.39, 0.29) is 27.3 Å². The van der Waals surface area contributed by atoms with Gasteiger partial charge < -0.3 is 4.42 Å². The van der Waals surface area contributed by atoms with E-state index in [0.717, 1.165) is 31.9 Å². The lowest BCUT2D eigenvalue weighted by Crippen LogP contribution is -2.33. The summed E-state index contributed by atoms with van der Waals surface area (Å²) >= 11 is 0. The Bertz CT molecular complexity index is 1380. The minimum absolute atomic E-state index is 0.103. The molecule has 0 aliphatic rings. The molecule has 0 saturated heterocycles. The number of hydrogen-bond donors (Lipinski definition) is 1. The van der Waals surface area contributed by atoms with Crippen molar-refractivity contribution in [3.8, 4) is 11.5 Å². The molecule has 0 unspecified atom stereocenters. The molecule has 36 heavy (non-hydrogen) atoms. The molecule has 3 rings (SSSR count). The highest BCUT2D eigenvalue weighted by atomic mass is 32.2. The van der Waals surface area contributed by atoms with Crippen LogP contribution in [0, 0.1) is 0 Å². The fourth-order valence-electron chi connectivity index (χ4n) is 3.35. The molecule has 10 nitrogen and oxygen atoms in total. The van der Waals surface area contributed by atoms with Gasteiger partial charge in [0, 0.05) is 30.5 Å². The molecule has 1 aromatic heterocycles. The summed E-state index contributed by atoms with van der Waals surface area (Å²) in [5, 5.41) is 10.2. The van der Waals surface area contributed by atoms with Crippen molar-refractivity contribution in [3.63, 3.8) is 0 Å². The number of anilines is 1. The molecule has 194 valence electrons. The average Bonchev–Trinajstić information content (AvgIpc) is 3.32. The summed E-state index contributed by atoms with van der Waals surface area (Å²) < 4.78 is 56.3. The van der Waals surface area contributed by atoms with Gasteiger partial charge in [-0.05, 0) is 61.4 Å². The van der Waals surface area contributed by atoms with Crippen molar-refractivity contribution in [2.45, 2.75) is 49.3 Å². The van der Waals surface area contributed by atoms with Crippen LogP contribution in [0.3, 0.4) is 0 Å². The normalized spacial score (nSPS) is 12.1. The standard InChI is InChI=1S/C24H30N4O6S2/c1-4-6-16-28(17-7-5-2)36(32,33)21-14-8-18(9-15-21)22(29)25-24-27-26-23(34-24)19-10-12-20(13-11-19)35(3,30)31/h8-15H,4-7,16-17H2,1-3H3,(H,25,27,29). The Morgan fingerprint density at radius 1 is 0.861 bits per heavy atom. The summed E-state index contributed by atoms with van der Waals surface area (Å²) in [5.74, 6) is -0.443. The minimum atomic E-state index is -3.66. The minimum Gasteiger partial charge on any atom is -0.403 e. The molecule has 0 atom stereocenters. The third-order valence-corrected chi connectivity index (χ3v) is 8.49. The molecule has 0 saturated carbocycles. The van der Waals surface area contributed by atoms with Crippen molar-refractivity contribution in [1.82, 2.24) is 14.5 Å². The first-order valence-electron chi connectivity index (χ1n) is 11.6. The number of rotatable bonds is 12. The largest absolute Gasteiger partial charge is 0.403 e. The van der Waals surface area contributed by atoms with Crippen LogP contribution >= 0.6 is 0 Å². The quantitative estimate of drug-likeness (QED) is 0.368. The van der Waals surface area contributed by atoms with E-state index in [4.69, 9.17) is 4.42 Å². The molecule has 1 heterocycles. The van der Waals surface area contributed by atoms with Gasteiger partial charge in [0.15, 0.2) is 9.84 Å². The number of nitrogens with one attached hydrogen (secondary N) is 1. The summed E-state index contributed by atoms with van der Waals surface area (Å²) in [7, 11) is -7.00. The number of amides is 1. The van der Waals surface area contributed by atoms with Gasteiger partial charge in [0.2, 0.25) is 15.9 Å². The van der Waals surface area contributed by atoms with Gasteiger partial charge in [-0.15, -0.1) is 5.10 Å². The van der Waals surface area contributed by atoms with Crippen molar-refractivity contribution in [1.29, 1.82) is 0 Å². The topological polar surface area (TPSA) is 140 Å². The zero-order chi connectivity index (χ0) is 26.3. The smallest absolute Gasteiger partial charge is 0.322 e. The average molecular weight is 535 g/mol. The Kier molecular flexibility index (Phi) is 8.98. The van der Waals surface area contributed by atoms with Gasteiger partial charge >= 0.3 is 6.01 Å². The number of sulfonamides is 1. The van der Waals surface area contributed by atoms with Gasteiger partial charge in [-0.25, -0.2) is 16.8 Å². The zero-order valence-electron chi connectivity index (χ0n) is 20.5. The molecule has 0 radical (unpaired) electrons.